The zero-order valence-corrected chi connectivity index (χ0v) is 11.0. The molecule has 2 aliphatic carbocycles. The molecular formula is C15H20O2. The van der Waals surface area contributed by atoms with Crippen molar-refractivity contribution in [1.82, 2.24) is 0 Å². The SMILES string of the molecule is CC1=C2C=C(C(C)C)C(=O)C[C@H](C)[C@H]2CC1=O. The first kappa shape index (κ1) is 12.3. The van der Waals surface area contributed by atoms with Gasteiger partial charge in [-0.3, -0.25) is 9.59 Å². The highest BCUT2D eigenvalue weighted by Gasteiger charge is 2.36. The summed E-state index contributed by atoms with van der Waals surface area (Å²) in [7, 11) is 0. The van der Waals surface area contributed by atoms with E-state index in [1.807, 2.05) is 26.8 Å². The molecule has 0 unspecified atom stereocenters. The number of allylic oxidation sites excluding steroid dienone is 4. The lowest BCUT2D eigenvalue weighted by Gasteiger charge is -2.16. The Hall–Kier alpha value is -1.18. The molecule has 2 heteroatoms. The third kappa shape index (κ3) is 2.01. The third-order valence-electron chi connectivity index (χ3n) is 4.11. The number of carbonyl (C=O) groups excluding carboxylic acids is 2. The van der Waals surface area contributed by atoms with Crippen LogP contribution in [0.25, 0.3) is 0 Å². The van der Waals surface area contributed by atoms with Crippen molar-refractivity contribution in [2.45, 2.75) is 40.5 Å². The van der Waals surface area contributed by atoms with Crippen molar-refractivity contribution in [3.8, 4) is 0 Å². The number of fused-ring (bicyclic) bond motifs is 1. The average molecular weight is 232 g/mol. The highest BCUT2D eigenvalue weighted by Crippen LogP contribution is 2.40. The minimum Gasteiger partial charge on any atom is -0.295 e. The van der Waals surface area contributed by atoms with E-state index in [1.165, 1.54) is 0 Å². The van der Waals surface area contributed by atoms with Crippen LogP contribution in [0.15, 0.2) is 22.8 Å². The van der Waals surface area contributed by atoms with E-state index >= 15 is 0 Å². The molecule has 0 heterocycles. The van der Waals surface area contributed by atoms with Gasteiger partial charge in [0.2, 0.25) is 0 Å². The van der Waals surface area contributed by atoms with Gasteiger partial charge < -0.3 is 0 Å². The molecule has 0 fully saturated rings. The van der Waals surface area contributed by atoms with Gasteiger partial charge in [-0.05, 0) is 41.4 Å². The van der Waals surface area contributed by atoms with Crippen LogP contribution >= 0.6 is 0 Å². The van der Waals surface area contributed by atoms with Gasteiger partial charge >= 0.3 is 0 Å². The van der Waals surface area contributed by atoms with Crippen LogP contribution in [0.3, 0.4) is 0 Å². The predicted octanol–water partition coefficient (Wildman–Crippen LogP) is 3.08. The first-order valence-electron chi connectivity index (χ1n) is 6.40. The zero-order valence-electron chi connectivity index (χ0n) is 11.0. The van der Waals surface area contributed by atoms with E-state index in [1.54, 1.807) is 0 Å². The summed E-state index contributed by atoms with van der Waals surface area (Å²) in [6, 6.07) is 0. The van der Waals surface area contributed by atoms with E-state index in [2.05, 4.69) is 6.92 Å². The molecule has 2 rings (SSSR count). The van der Waals surface area contributed by atoms with Crippen molar-refractivity contribution in [1.29, 1.82) is 0 Å². The molecule has 0 aromatic heterocycles. The molecule has 0 saturated heterocycles. The fraction of sp³-hybridized carbons (Fsp3) is 0.600. The molecule has 0 aliphatic heterocycles. The molecule has 0 aromatic rings. The first-order chi connectivity index (χ1) is 7.91. The molecule has 0 aromatic carbocycles. The normalized spacial score (nSPS) is 29.6. The lowest BCUT2D eigenvalue weighted by atomic mass is 9.86. The Bertz CT molecular complexity index is 438. The summed E-state index contributed by atoms with van der Waals surface area (Å²) in [6.45, 7) is 8.07. The molecule has 0 saturated carbocycles. The predicted molar refractivity (Wildman–Crippen MR) is 67.5 cm³/mol. The maximum Gasteiger partial charge on any atom is 0.159 e. The molecule has 17 heavy (non-hydrogen) atoms. The molecule has 0 spiro atoms. The largest absolute Gasteiger partial charge is 0.295 e. The van der Waals surface area contributed by atoms with E-state index in [9.17, 15) is 9.59 Å². The van der Waals surface area contributed by atoms with Gasteiger partial charge in [0, 0.05) is 12.8 Å². The summed E-state index contributed by atoms with van der Waals surface area (Å²) in [4.78, 5) is 23.9. The summed E-state index contributed by atoms with van der Waals surface area (Å²) in [5, 5.41) is 0. The van der Waals surface area contributed by atoms with Gasteiger partial charge in [-0.15, -0.1) is 0 Å². The summed E-state index contributed by atoms with van der Waals surface area (Å²) in [5.74, 6) is 1.30. The van der Waals surface area contributed by atoms with Crippen molar-refractivity contribution in [2.75, 3.05) is 0 Å². The van der Waals surface area contributed by atoms with Crippen LogP contribution in [-0.4, -0.2) is 11.6 Å². The highest BCUT2D eigenvalue weighted by molar-refractivity contribution is 6.02. The monoisotopic (exact) mass is 232 g/mol. The number of ketones is 2. The number of hydrogen-bond acceptors (Lipinski definition) is 2. The molecule has 92 valence electrons. The number of rotatable bonds is 1. The van der Waals surface area contributed by atoms with Gasteiger partial charge in [-0.2, -0.15) is 0 Å². The van der Waals surface area contributed by atoms with Gasteiger partial charge in [-0.25, -0.2) is 0 Å². The van der Waals surface area contributed by atoms with Crippen LogP contribution in [-0.2, 0) is 9.59 Å². The second kappa shape index (κ2) is 4.25. The Morgan fingerprint density at radius 1 is 1.18 bits per heavy atom. The number of Topliss-reactive ketones (excluding diaryl/α,β-unsaturated/α-hetero) is 2. The average Bonchev–Trinajstić information content (AvgIpc) is 2.44. The molecule has 2 atom stereocenters. The van der Waals surface area contributed by atoms with Crippen LogP contribution in [0.1, 0.15) is 40.5 Å². The minimum absolute atomic E-state index is 0.240. The van der Waals surface area contributed by atoms with E-state index in [4.69, 9.17) is 0 Å². The third-order valence-corrected chi connectivity index (χ3v) is 4.11. The van der Waals surface area contributed by atoms with Gasteiger partial charge in [0.15, 0.2) is 11.6 Å². The summed E-state index contributed by atoms with van der Waals surface area (Å²) in [5.41, 5.74) is 2.88. The van der Waals surface area contributed by atoms with E-state index in [0.717, 1.165) is 16.7 Å². The molecule has 0 amide bonds. The maximum absolute atomic E-state index is 12.1. The smallest absolute Gasteiger partial charge is 0.159 e. The topological polar surface area (TPSA) is 34.1 Å². The Morgan fingerprint density at radius 3 is 2.41 bits per heavy atom. The maximum atomic E-state index is 12.1. The molecular weight excluding hydrogens is 212 g/mol. The van der Waals surface area contributed by atoms with Crippen LogP contribution in [0.5, 0.6) is 0 Å². The molecule has 2 nitrogen and oxygen atoms in total. The Balaban J connectivity index is 2.52. The fourth-order valence-corrected chi connectivity index (χ4v) is 2.91. The number of hydrogen-bond donors (Lipinski definition) is 0. The first-order valence-corrected chi connectivity index (χ1v) is 6.40. The van der Waals surface area contributed by atoms with Gasteiger partial charge in [0.05, 0.1) is 0 Å². The second-order valence-electron chi connectivity index (χ2n) is 5.67. The highest BCUT2D eigenvalue weighted by atomic mass is 16.1. The zero-order chi connectivity index (χ0) is 12.7. The van der Waals surface area contributed by atoms with Gasteiger partial charge in [-0.1, -0.05) is 26.8 Å². The standard InChI is InChI=1S/C15H20O2/c1-8(2)11-6-13-10(4)14(16)7-12(13)9(3)5-15(11)17/h6,8-9,12H,5,7H2,1-4H3/t9-,12+/m0/s1. The van der Waals surface area contributed by atoms with Gasteiger partial charge in [0.25, 0.3) is 0 Å². The van der Waals surface area contributed by atoms with Crippen LogP contribution < -0.4 is 0 Å². The van der Waals surface area contributed by atoms with E-state index < -0.39 is 0 Å². The lowest BCUT2D eigenvalue weighted by molar-refractivity contribution is -0.118. The van der Waals surface area contributed by atoms with Crippen molar-refractivity contribution in [2.24, 2.45) is 17.8 Å². The van der Waals surface area contributed by atoms with Crippen molar-refractivity contribution < 1.29 is 9.59 Å². The number of carbonyl (C=O) groups is 2. The Kier molecular flexibility index (Phi) is 3.07. The van der Waals surface area contributed by atoms with Crippen molar-refractivity contribution in [3.63, 3.8) is 0 Å². The van der Waals surface area contributed by atoms with Crippen LogP contribution in [0.4, 0.5) is 0 Å². The summed E-state index contributed by atoms with van der Waals surface area (Å²) in [6.07, 6.45) is 3.18. The van der Waals surface area contributed by atoms with Crippen molar-refractivity contribution in [3.05, 3.63) is 22.8 Å². The fourth-order valence-electron chi connectivity index (χ4n) is 2.91. The minimum atomic E-state index is 0.240. The molecule has 0 bridgehead atoms. The molecule has 0 N–H and O–H groups in total. The van der Waals surface area contributed by atoms with Crippen LogP contribution in [0.2, 0.25) is 0 Å². The Labute approximate surface area is 103 Å². The second-order valence-corrected chi connectivity index (χ2v) is 5.67. The quantitative estimate of drug-likeness (QED) is 0.696. The Morgan fingerprint density at radius 2 is 1.82 bits per heavy atom. The van der Waals surface area contributed by atoms with Crippen molar-refractivity contribution >= 4 is 11.6 Å². The molecule has 0 radical (unpaired) electrons. The van der Waals surface area contributed by atoms with Crippen LogP contribution in [0, 0.1) is 17.8 Å². The molecule has 2 aliphatic rings. The van der Waals surface area contributed by atoms with Gasteiger partial charge in [0.1, 0.15) is 0 Å². The van der Waals surface area contributed by atoms with E-state index in [0.29, 0.717) is 12.8 Å². The lowest BCUT2D eigenvalue weighted by Crippen LogP contribution is -2.14. The summed E-state index contributed by atoms with van der Waals surface area (Å²) >= 11 is 0. The summed E-state index contributed by atoms with van der Waals surface area (Å²) < 4.78 is 0. The van der Waals surface area contributed by atoms with E-state index in [-0.39, 0.29) is 29.3 Å².